The van der Waals surface area contributed by atoms with Crippen molar-refractivity contribution >= 4 is 11.6 Å². The maximum Gasteiger partial charge on any atom is 0.226 e. The number of hydrogen-bond acceptors (Lipinski definition) is 3. The van der Waals surface area contributed by atoms with Crippen molar-refractivity contribution < 1.29 is 9.53 Å². The van der Waals surface area contributed by atoms with Crippen molar-refractivity contribution in [1.29, 1.82) is 0 Å². The smallest absolute Gasteiger partial charge is 0.226 e. The summed E-state index contributed by atoms with van der Waals surface area (Å²) in [5.74, 6) is 0.812. The van der Waals surface area contributed by atoms with Gasteiger partial charge < -0.3 is 15.4 Å². The molecule has 0 aliphatic carbocycles. The summed E-state index contributed by atoms with van der Waals surface area (Å²) in [6.45, 7) is 1.79. The molecule has 86 valence electrons. The molecular weight excluding hydrogens is 204 g/mol. The van der Waals surface area contributed by atoms with Crippen LogP contribution in [-0.4, -0.2) is 31.0 Å². The molecule has 0 atom stereocenters. The van der Waals surface area contributed by atoms with Crippen molar-refractivity contribution in [2.24, 2.45) is 0 Å². The van der Waals surface area contributed by atoms with Gasteiger partial charge in [-0.1, -0.05) is 6.07 Å². The number of nitrogens with zero attached hydrogens (tertiary/aromatic N) is 1. The molecule has 0 bridgehead atoms. The van der Waals surface area contributed by atoms with Crippen LogP contribution in [0.4, 0.5) is 5.69 Å². The molecule has 1 aromatic carbocycles. The minimum absolute atomic E-state index is 0.179. The van der Waals surface area contributed by atoms with E-state index in [1.54, 1.807) is 13.2 Å². The van der Waals surface area contributed by atoms with Gasteiger partial charge in [-0.2, -0.15) is 0 Å². The van der Waals surface area contributed by atoms with Crippen LogP contribution < -0.4 is 10.5 Å². The second kappa shape index (κ2) is 4.43. The molecular formula is C12H16N2O2. The van der Waals surface area contributed by atoms with E-state index in [-0.39, 0.29) is 5.91 Å². The molecule has 0 aromatic heterocycles. The SMILES string of the molecule is COc1cc(CC(=O)N2CCC2)ccc1N. The quantitative estimate of drug-likeness (QED) is 0.775. The lowest BCUT2D eigenvalue weighted by molar-refractivity contribution is -0.133. The summed E-state index contributed by atoms with van der Waals surface area (Å²) in [7, 11) is 1.58. The van der Waals surface area contributed by atoms with Gasteiger partial charge >= 0.3 is 0 Å². The number of ether oxygens (including phenoxy) is 1. The Bertz CT molecular complexity index is 400. The van der Waals surface area contributed by atoms with E-state index in [0.717, 1.165) is 25.1 Å². The molecule has 0 spiro atoms. The molecule has 1 amide bonds. The van der Waals surface area contributed by atoms with Crippen LogP contribution in [0.3, 0.4) is 0 Å². The van der Waals surface area contributed by atoms with E-state index in [2.05, 4.69) is 0 Å². The maximum absolute atomic E-state index is 11.7. The fraction of sp³-hybridized carbons (Fsp3) is 0.417. The number of carbonyl (C=O) groups excluding carboxylic acids is 1. The average molecular weight is 220 g/mol. The lowest BCUT2D eigenvalue weighted by Gasteiger charge is -2.31. The Kier molecular flexibility index (Phi) is 2.99. The number of carbonyl (C=O) groups is 1. The summed E-state index contributed by atoms with van der Waals surface area (Å²) in [5, 5.41) is 0. The summed E-state index contributed by atoms with van der Waals surface area (Å²) in [6, 6.07) is 5.47. The standard InChI is InChI=1S/C12H16N2O2/c1-16-11-7-9(3-4-10(11)13)8-12(15)14-5-2-6-14/h3-4,7H,2,5-6,8,13H2,1H3. The van der Waals surface area contributed by atoms with Crippen LogP contribution in [-0.2, 0) is 11.2 Å². The summed E-state index contributed by atoms with van der Waals surface area (Å²) in [5.41, 5.74) is 7.25. The number of nitrogen functional groups attached to an aromatic ring is 1. The van der Waals surface area contributed by atoms with Gasteiger partial charge in [-0.25, -0.2) is 0 Å². The number of methoxy groups -OCH3 is 1. The second-order valence-electron chi connectivity index (χ2n) is 3.99. The number of benzene rings is 1. The molecule has 16 heavy (non-hydrogen) atoms. The molecule has 1 aliphatic heterocycles. The Labute approximate surface area is 95.0 Å². The zero-order valence-corrected chi connectivity index (χ0v) is 9.40. The number of likely N-dealkylation sites (tertiary alicyclic amines) is 1. The average Bonchev–Trinajstić information content (AvgIpc) is 2.18. The third-order valence-corrected chi connectivity index (χ3v) is 2.86. The lowest BCUT2D eigenvalue weighted by atomic mass is 10.1. The normalized spacial score (nSPS) is 14.4. The van der Waals surface area contributed by atoms with E-state index in [1.165, 1.54) is 0 Å². The Balaban J connectivity index is 2.06. The number of hydrogen-bond donors (Lipinski definition) is 1. The van der Waals surface area contributed by atoms with Crippen molar-refractivity contribution in [3.8, 4) is 5.75 Å². The van der Waals surface area contributed by atoms with Gasteiger partial charge in [0.05, 0.1) is 19.2 Å². The number of anilines is 1. The van der Waals surface area contributed by atoms with Gasteiger partial charge in [0.1, 0.15) is 5.75 Å². The minimum atomic E-state index is 0.179. The van der Waals surface area contributed by atoms with Crippen LogP contribution in [0.25, 0.3) is 0 Å². The monoisotopic (exact) mass is 220 g/mol. The predicted molar refractivity (Wildman–Crippen MR) is 62.3 cm³/mol. The highest BCUT2D eigenvalue weighted by Crippen LogP contribution is 2.23. The third kappa shape index (κ3) is 2.10. The van der Waals surface area contributed by atoms with Crippen LogP contribution in [0, 0.1) is 0 Å². The van der Waals surface area contributed by atoms with E-state index in [9.17, 15) is 4.79 Å². The summed E-state index contributed by atoms with van der Waals surface area (Å²) in [6.07, 6.45) is 1.55. The van der Waals surface area contributed by atoms with Crippen molar-refractivity contribution in [1.82, 2.24) is 4.90 Å². The van der Waals surface area contributed by atoms with Gasteiger partial charge in [0.15, 0.2) is 0 Å². The first kappa shape index (κ1) is 10.8. The van der Waals surface area contributed by atoms with Gasteiger partial charge in [-0.15, -0.1) is 0 Å². The van der Waals surface area contributed by atoms with Gasteiger partial charge in [-0.05, 0) is 24.1 Å². The van der Waals surface area contributed by atoms with E-state index in [4.69, 9.17) is 10.5 Å². The van der Waals surface area contributed by atoms with E-state index in [0.29, 0.717) is 17.9 Å². The molecule has 4 heteroatoms. The molecule has 2 N–H and O–H groups in total. The summed E-state index contributed by atoms with van der Waals surface area (Å²) >= 11 is 0. The lowest BCUT2D eigenvalue weighted by Crippen LogP contribution is -2.42. The molecule has 0 radical (unpaired) electrons. The highest BCUT2D eigenvalue weighted by Gasteiger charge is 2.20. The Morgan fingerprint density at radius 2 is 2.25 bits per heavy atom. The molecule has 0 unspecified atom stereocenters. The summed E-state index contributed by atoms with van der Waals surface area (Å²) in [4.78, 5) is 13.6. The zero-order valence-electron chi connectivity index (χ0n) is 9.40. The molecule has 1 aromatic rings. The zero-order chi connectivity index (χ0) is 11.5. The van der Waals surface area contributed by atoms with Crippen molar-refractivity contribution in [3.05, 3.63) is 23.8 Å². The van der Waals surface area contributed by atoms with Gasteiger partial charge in [0, 0.05) is 13.1 Å². The molecule has 1 aliphatic rings. The largest absolute Gasteiger partial charge is 0.495 e. The van der Waals surface area contributed by atoms with Crippen LogP contribution >= 0.6 is 0 Å². The van der Waals surface area contributed by atoms with Crippen molar-refractivity contribution in [3.63, 3.8) is 0 Å². The fourth-order valence-corrected chi connectivity index (χ4v) is 1.72. The Morgan fingerprint density at radius 3 is 2.81 bits per heavy atom. The van der Waals surface area contributed by atoms with Gasteiger partial charge in [0.2, 0.25) is 5.91 Å². The second-order valence-corrected chi connectivity index (χ2v) is 3.99. The van der Waals surface area contributed by atoms with E-state index < -0.39 is 0 Å². The van der Waals surface area contributed by atoms with Crippen LogP contribution in [0.2, 0.25) is 0 Å². The van der Waals surface area contributed by atoms with Crippen LogP contribution in [0.5, 0.6) is 5.75 Å². The van der Waals surface area contributed by atoms with Crippen LogP contribution in [0.1, 0.15) is 12.0 Å². The minimum Gasteiger partial charge on any atom is -0.495 e. The first-order valence-electron chi connectivity index (χ1n) is 5.41. The number of rotatable bonds is 3. The third-order valence-electron chi connectivity index (χ3n) is 2.86. The molecule has 1 heterocycles. The van der Waals surface area contributed by atoms with Crippen molar-refractivity contribution in [2.75, 3.05) is 25.9 Å². The Hall–Kier alpha value is -1.71. The first-order valence-corrected chi connectivity index (χ1v) is 5.41. The van der Waals surface area contributed by atoms with Crippen molar-refractivity contribution in [2.45, 2.75) is 12.8 Å². The summed E-state index contributed by atoms with van der Waals surface area (Å²) < 4.78 is 5.12. The fourth-order valence-electron chi connectivity index (χ4n) is 1.72. The molecule has 4 nitrogen and oxygen atoms in total. The molecule has 1 saturated heterocycles. The molecule has 2 rings (SSSR count). The van der Waals surface area contributed by atoms with E-state index >= 15 is 0 Å². The highest BCUT2D eigenvalue weighted by molar-refractivity contribution is 5.79. The molecule has 1 fully saturated rings. The maximum atomic E-state index is 11.7. The predicted octanol–water partition coefficient (Wildman–Crippen LogP) is 1.05. The topological polar surface area (TPSA) is 55.6 Å². The molecule has 0 saturated carbocycles. The van der Waals surface area contributed by atoms with Crippen LogP contribution in [0.15, 0.2) is 18.2 Å². The Morgan fingerprint density at radius 1 is 1.50 bits per heavy atom. The highest BCUT2D eigenvalue weighted by atomic mass is 16.5. The van der Waals surface area contributed by atoms with Gasteiger partial charge in [0.25, 0.3) is 0 Å². The van der Waals surface area contributed by atoms with Gasteiger partial charge in [-0.3, -0.25) is 4.79 Å². The number of nitrogens with two attached hydrogens (primary N) is 1. The van der Waals surface area contributed by atoms with E-state index in [1.807, 2.05) is 17.0 Å². The number of amides is 1. The first-order chi connectivity index (χ1) is 7.70.